The average Bonchev–Trinajstić information content (AvgIpc) is 3.33. The third-order valence-corrected chi connectivity index (χ3v) is 6.87. The number of para-hydroxylation sites is 1. The van der Waals surface area contributed by atoms with E-state index in [0.717, 1.165) is 27.9 Å². The number of carbonyl (C=O) groups excluding carboxylic acids is 2. The number of aromatic amines is 1. The normalized spacial score (nSPS) is 12.2. The standard InChI is InChI=1S/C29H37ClN6O5/c1-18(2)15-19-10-8-11-21-26(19)33-24(31-21)17-36-23(30)14-13-22(28(36)39)32-27(38)20(16-35(5)29(40)41)9-6-7-12-25(37)34(3)4/h7-8,10-14,18,20H,6,9,15-17H2,1-5H3,(H,31,33)(H,32,38)(H,40,41)/b12-7+/t20-/m0/s1. The lowest BCUT2D eigenvalue weighted by molar-refractivity contribution is -0.123. The van der Waals surface area contributed by atoms with Crippen molar-refractivity contribution < 1.29 is 19.5 Å². The largest absolute Gasteiger partial charge is 0.465 e. The summed E-state index contributed by atoms with van der Waals surface area (Å²) in [7, 11) is 4.62. The second-order valence-electron chi connectivity index (χ2n) is 10.6. The van der Waals surface area contributed by atoms with Gasteiger partial charge in [0.25, 0.3) is 5.56 Å². The third kappa shape index (κ3) is 8.43. The first-order valence-electron chi connectivity index (χ1n) is 13.4. The molecule has 0 fully saturated rings. The molecule has 0 aliphatic rings. The number of hydrogen-bond acceptors (Lipinski definition) is 5. The van der Waals surface area contributed by atoms with E-state index in [-0.39, 0.29) is 36.3 Å². The van der Waals surface area contributed by atoms with Crippen LogP contribution >= 0.6 is 11.6 Å². The number of hydrogen-bond donors (Lipinski definition) is 3. The van der Waals surface area contributed by atoms with E-state index in [2.05, 4.69) is 29.1 Å². The smallest absolute Gasteiger partial charge is 0.407 e. The molecule has 3 rings (SSSR count). The number of anilines is 1. The highest BCUT2D eigenvalue weighted by Crippen LogP contribution is 2.21. The number of fused-ring (bicyclic) bond motifs is 1. The maximum Gasteiger partial charge on any atom is 0.407 e. The van der Waals surface area contributed by atoms with Crippen molar-refractivity contribution in [3.05, 3.63) is 69.4 Å². The predicted molar refractivity (Wildman–Crippen MR) is 159 cm³/mol. The first kappa shape index (κ1) is 31.4. The van der Waals surface area contributed by atoms with E-state index in [4.69, 9.17) is 11.6 Å². The molecular weight excluding hydrogens is 548 g/mol. The number of imidazole rings is 1. The Labute approximate surface area is 243 Å². The summed E-state index contributed by atoms with van der Waals surface area (Å²) in [5, 5.41) is 12.2. The van der Waals surface area contributed by atoms with Gasteiger partial charge in [-0.05, 0) is 55.0 Å². The van der Waals surface area contributed by atoms with Crippen molar-refractivity contribution in [2.24, 2.45) is 11.8 Å². The van der Waals surface area contributed by atoms with Gasteiger partial charge in [-0.2, -0.15) is 0 Å². The Morgan fingerprint density at radius 2 is 1.90 bits per heavy atom. The molecule has 2 heterocycles. The van der Waals surface area contributed by atoms with Crippen LogP contribution < -0.4 is 10.9 Å². The zero-order chi connectivity index (χ0) is 30.3. The van der Waals surface area contributed by atoms with Gasteiger partial charge in [-0.1, -0.05) is 43.7 Å². The number of aromatic nitrogens is 3. The van der Waals surface area contributed by atoms with E-state index in [9.17, 15) is 24.3 Å². The monoisotopic (exact) mass is 584 g/mol. The van der Waals surface area contributed by atoms with Gasteiger partial charge >= 0.3 is 6.09 Å². The van der Waals surface area contributed by atoms with Crippen LogP contribution in [0.15, 0.2) is 47.3 Å². The summed E-state index contributed by atoms with van der Waals surface area (Å²) < 4.78 is 1.31. The second kappa shape index (κ2) is 14.0. The van der Waals surface area contributed by atoms with Gasteiger partial charge in [0.1, 0.15) is 16.7 Å². The minimum Gasteiger partial charge on any atom is -0.465 e. The van der Waals surface area contributed by atoms with Gasteiger partial charge in [-0.3, -0.25) is 19.0 Å². The molecule has 3 amide bonds. The lowest BCUT2D eigenvalue weighted by atomic mass is 10.0. The molecule has 0 bridgehead atoms. The summed E-state index contributed by atoms with van der Waals surface area (Å²) in [4.78, 5) is 60.2. The molecular formula is C29H37ClN6O5. The molecule has 41 heavy (non-hydrogen) atoms. The number of nitrogens with one attached hydrogen (secondary N) is 2. The number of rotatable bonds is 12. The van der Waals surface area contributed by atoms with Crippen LogP contribution in [-0.4, -0.2) is 75.0 Å². The van der Waals surface area contributed by atoms with Crippen molar-refractivity contribution in [1.82, 2.24) is 24.3 Å². The molecule has 2 aromatic heterocycles. The first-order valence-corrected chi connectivity index (χ1v) is 13.7. The highest BCUT2D eigenvalue weighted by atomic mass is 35.5. The highest BCUT2D eigenvalue weighted by Gasteiger charge is 2.23. The topological polar surface area (TPSA) is 141 Å². The zero-order valence-electron chi connectivity index (χ0n) is 24.0. The average molecular weight is 585 g/mol. The molecule has 1 atom stereocenters. The van der Waals surface area contributed by atoms with Crippen molar-refractivity contribution in [2.45, 2.75) is 39.7 Å². The molecule has 0 radical (unpaired) electrons. The van der Waals surface area contributed by atoms with Crippen LogP contribution in [0, 0.1) is 11.8 Å². The number of halogens is 1. The number of carboxylic acid groups (broad SMARTS) is 1. The molecule has 12 heteroatoms. The summed E-state index contributed by atoms with van der Waals surface area (Å²) in [6, 6.07) is 8.84. The van der Waals surface area contributed by atoms with E-state index in [1.54, 1.807) is 20.2 Å². The fraction of sp³-hybridized carbons (Fsp3) is 0.414. The second-order valence-corrected chi connectivity index (χ2v) is 11.0. The van der Waals surface area contributed by atoms with Gasteiger partial charge in [0.15, 0.2) is 0 Å². The van der Waals surface area contributed by atoms with Crippen molar-refractivity contribution in [3.63, 3.8) is 0 Å². The summed E-state index contributed by atoms with van der Waals surface area (Å²) in [6.07, 6.45) is 3.36. The van der Waals surface area contributed by atoms with Crippen molar-refractivity contribution in [3.8, 4) is 0 Å². The Balaban J connectivity index is 1.82. The SMILES string of the molecule is CC(C)Cc1cccc2nc(Cn3c(Cl)ccc(NC(=O)[C@@H](CC/C=C/C(=O)N(C)C)CN(C)C(=O)O)c3=O)[nH]c12. The Morgan fingerprint density at radius 3 is 2.56 bits per heavy atom. The van der Waals surface area contributed by atoms with Gasteiger partial charge in [-0.15, -0.1) is 0 Å². The summed E-state index contributed by atoms with van der Waals surface area (Å²) >= 11 is 6.38. The van der Waals surface area contributed by atoms with Crippen molar-refractivity contribution in [2.75, 3.05) is 33.0 Å². The Hall–Kier alpha value is -4.12. The van der Waals surface area contributed by atoms with Crippen LogP contribution in [0.1, 0.15) is 38.1 Å². The van der Waals surface area contributed by atoms with E-state index in [1.807, 2.05) is 18.2 Å². The quantitative estimate of drug-likeness (QED) is 0.215. The number of likely N-dealkylation sites (N-methyl/N-ethyl adjacent to an activating group) is 1. The number of benzene rings is 1. The van der Waals surface area contributed by atoms with Crippen LogP contribution in [0.25, 0.3) is 11.0 Å². The fourth-order valence-corrected chi connectivity index (χ4v) is 4.55. The first-order chi connectivity index (χ1) is 19.4. The van der Waals surface area contributed by atoms with E-state index < -0.39 is 23.5 Å². The highest BCUT2D eigenvalue weighted by molar-refractivity contribution is 6.29. The molecule has 0 unspecified atom stereocenters. The summed E-state index contributed by atoms with van der Waals surface area (Å²) in [6.45, 7) is 4.26. The maximum absolute atomic E-state index is 13.4. The van der Waals surface area contributed by atoms with E-state index in [1.165, 1.54) is 34.7 Å². The number of amides is 3. The van der Waals surface area contributed by atoms with Crippen molar-refractivity contribution in [1.29, 1.82) is 0 Å². The molecule has 11 nitrogen and oxygen atoms in total. The minimum atomic E-state index is -1.18. The lowest BCUT2D eigenvalue weighted by Gasteiger charge is -2.21. The van der Waals surface area contributed by atoms with E-state index >= 15 is 0 Å². The van der Waals surface area contributed by atoms with Gasteiger partial charge in [0, 0.05) is 27.7 Å². The molecule has 0 spiro atoms. The molecule has 0 aliphatic heterocycles. The van der Waals surface area contributed by atoms with Crippen LogP contribution in [0.5, 0.6) is 0 Å². The number of allylic oxidation sites excluding steroid dienone is 1. The van der Waals surface area contributed by atoms with Crippen LogP contribution in [-0.2, 0) is 22.6 Å². The Kier molecular flexibility index (Phi) is 10.7. The van der Waals surface area contributed by atoms with Gasteiger partial charge in [0.2, 0.25) is 11.8 Å². The Bertz CT molecular complexity index is 1490. The lowest BCUT2D eigenvalue weighted by Crippen LogP contribution is -2.37. The molecule has 220 valence electrons. The molecule has 3 N–H and O–H groups in total. The van der Waals surface area contributed by atoms with Crippen LogP contribution in [0.4, 0.5) is 10.5 Å². The van der Waals surface area contributed by atoms with Crippen molar-refractivity contribution >= 4 is 46.2 Å². The molecule has 0 saturated heterocycles. The Morgan fingerprint density at radius 1 is 1.17 bits per heavy atom. The molecule has 1 aromatic carbocycles. The maximum atomic E-state index is 13.4. The van der Waals surface area contributed by atoms with Crippen LogP contribution in [0.2, 0.25) is 5.15 Å². The fourth-order valence-electron chi connectivity index (χ4n) is 4.35. The summed E-state index contributed by atoms with van der Waals surface area (Å²) in [5.74, 6) is -0.480. The number of pyridine rings is 1. The molecule has 3 aromatic rings. The predicted octanol–water partition coefficient (Wildman–Crippen LogP) is 4.21. The third-order valence-electron chi connectivity index (χ3n) is 6.54. The zero-order valence-corrected chi connectivity index (χ0v) is 24.7. The number of carbonyl (C=O) groups is 3. The number of H-pyrrole nitrogens is 1. The molecule has 0 aliphatic carbocycles. The summed E-state index contributed by atoms with van der Waals surface area (Å²) in [5.41, 5.74) is 2.33. The van der Waals surface area contributed by atoms with Gasteiger partial charge in [-0.25, -0.2) is 9.78 Å². The van der Waals surface area contributed by atoms with Gasteiger partial charge < -0.3 is 25.2 Å². The minimum absolute atomic E-state index is 0.0114. The van der Waals surface area contributed by atoms with Crippen LogP contribution in [0.3, 0.4) is 0 Å². The van der Waals surface area contributed by atoms with Gasteiger partial charge in [0.05, 0.1) is 23.5 Å². The van der Waals surface area contributed by atoms with E-state index in [0.29, 0.717) is 18.2 Å². The molecule has 0 saturated carbocycles. The number of nitrogens with zero attached hydrogens (tertiary/aromatic N) is 4.